The Morgan fingerprint density at radius 2 is 1.70 bits per heavy atom. The molecule has 0 unspecified atom stereocenters. The van der Waals surface area contributed by atoms with Crippen molar-refractivity contribution >= 4 is 34.8 Å². The van der Waals surface area contributed by atoms with Crippen LogP contribution in [0.25, 0.3) is 0 Å². The van der Waals surface area contributed by atoms with Crippen LogP contribution in [-0.2, 0) is 0 Å². The Labute approximate surface area is 132 Å². The van der Waals surface area contributed by atoms with Gasteiger partial charge >= 0.3 is 0 Å². The first-order chi connectivity index (χ1) is 9.27. The van der Waals surface area contributed by atoms with Gasteiger partial charge < -0.3 is 10.6 Å². The zero-order valence-corrected chi connectivity index (χ0v) is 14.5. The van der Waals surface area contributed by atoms with Gasteiger partial charge in [-0.15, -0.1) is 0 Å². The maximum Gasteiger partial charge on any atom is 0.147 e. The molecule has 0 spiro atoms. The fourth-order valence-corrected chi connectivity index (χ4v) is 1.97. The Morgan fingerprint density at radius 3 is 2.20 bits per heavy atom. The number of aromatic nitrogens is 1. The Bertz CT molecular complexity index is 445. The zero-order chi connectivity index (χ0) is 15.3. The molecule has 0 aliphatic rings. The van der Waals surface area contributed by atoms with E-state index in [1.54, 1.807) is 6.07 Å². The summed E-state index contributed by atoms with van der Waals surface area (Å²) in [5.41, 5.74) is 0.168. The van der Waals surface area contributed by atoms with Gasteiger partial charge in [0.05, 0.1) is 10.0 Å². The maximum atomic E-state index is 6.21. The molecule has 1 aromatic rings. The standard InChI is InChI=1S/C15H25Cl2N3/c1-6-7-18-13-11(16)8-12(17)14(20-13)19-9-15(4,5)10(2)3/h8,10H,6-7,9H2,1-5H3,(H2,18,19,20). The van der Waals surface area contributed by atoms with Crippen LogP contribution in [0.1, 0.15) is 41.0 Å². The number of nitrogens with one attached hydrogen (secondary N) is 2. The molecule has 114 valence electrons. The molecule has 0 saturated carbocycles. The number of halogens is 2. The molecule has 0 bridgehead atoms. The van der Waals surface area contributed by atoms with Crippen LogP contribution in [-0.4, -0.2) is 18.1 Å². The minimum atomic E-state index is 0.168. The van der Waals surface area contributed by atoms with E-state index in [9.17, 15) is 0 Å². The summed E-state index contributed by atoms with van der Waals surface area (Å²) in [6.45, 7) is 12.6. The molecule has 0 fully saturated rings. The molecule has 5 heteroatoms. The van der Waals surface area contributed by atoms with Crippen LogP contribution in [0.4, 0.5) is 11.6 Å². The average molecular weight is 318 g/mol. The van der Waals surface area contributed by atoms with E-state index in [4.69, 9.17) is 23.2 Å². The van der Waals surface area contributed by atoms with E-state index in [0.717, 1.165) is 19.5 Å². The highest BCUT2D eigenvalue weighted by atomic mass is 35.5. The number of pyridine rings is 1. The second kappa shape index (κ2) is 7.37. The highest BCUT2D eigenvalue weighted by molar-refractivity contribution is 6.37. The van der Waals surface area contributed by atoms with Crippen LogP contribution < -0.4 is 10.6 Å². The fourth-order valence-electron chi connectivity index (χ4n) is 1.47. The SMILES string of the molecule is CCCNc1nc(NCC(C)(C)C(C)C)c(Cl)cc1Cl. The lowest BCUT2D eigenvalue weighted by Gasteiger charge is -2.29. The quantitative estimate of drug-likeness (QED) is 0.716. The first kappa shape index (κ1) is 17.4. The van der Waals surface area contributed by atoms with Gasteiger partial charge in [-0.3, -0.25) is 0 Å². The molecule has 0 atom stereocenters. The monoisotopic (exact) mass is 317 g/mol. The number of rotatable bonds is 7. The minimum absolute atomic E-state index is 0.168. The Hall–Kier alpha value is -0.670. The molecule has 0 amide bonds. The normalized spacial score (nSPS) is 11.8. The van der Waals surface area contributed by atoms with Crippen LogP contribution in [0.15, 0.2) is 6.07 Å². The van der Waals surface area contributed by atoms with Crippen molar-refractivity contribution in [1.29, 1.82) is 0 Å². The van der Waals surface area contributed by atoms with Gasteiger partial charge in [-0.1, -0.05) is 57.8 Å². The average Bonchev–Trinajstić information content (AvgIpc) is 2.36. The van der Waals surface area contributed by atoms with E-state index in [1.165, 1.54) is 0 Å². The molecule has 20 heavy (non-hydrogen) atoms. The van der Waals surface area contributed by atoms with Crippen LogP contribution in [0, 0.1) is 11.3 Å². The van der Waals surface area contributed by atoms with E-state index < -0.39 is 0 Å². The second-order valence-corrected chi connectivity index (χ2v) is 6.89. The number of nitrogens with zero attached hydrogens (tertiary/aromatic N) is 1. The van der Waals surface area contributed by atoms with Gasteiger partial charge in [0.25, 0.3) is 0 Å². The fraction of sp³-hybridized carbons (Fsp3) is 0.667. The van der Waals surface area contributed by atoms with Crippen molar-refractivity contribution in [3.8, 4) is 0 Å². The number of hydrogen-bond acceptors (Lipinski definition) is 3. The summed E-state index contributed by atoms with van der Waals surface area (Å²) < 4.78 is 0. The topological polar surface area (TPSA) is 37.0 Å². The van der Waals surface area contributed by atoms with Gasteiger partial charge in [0.1, 0.15) is 11.6 Å². The molecular formula is C15H25Cl2N3. The smallest absolute Gasteiger partial charge is 0.147 e. The molecular weight excluding hydrogens is 293 g/mol. The Balaban J connectivity index is 2.84. The van der Waals surface area contributed by atoms with Gasteiger partial charge in [0.2, 0.25) is 0 Å². The number of anilines is 2. The van der Waals surface area contributed by atoms with Gasteiger partial charge in [-0.05, 0) is 23.8 Å². The predicted octanol–water partition coefficient (Wildman–Crippen LogP) is 5.30. The van der Waals surface area contributed by atoms with Crippen LogP contribution >= 0.6 is 23.2 Å². The van der Waals surface area contributed by atoms with Crippen LogP contribution in [0.2, 0.25) is 10.0 Å². The largest absolute Gasteiger partial charge is 0.369 e. The van der Waals surface area contributed by atoms with E-state index in [2.05, 4.69) is 50.2 Å². The molecule has 0 aliphatic carbocycles. The van der Waals surface area contributed by atoms with Crippen molar-refractivity contribution < 1.29 is 0 Å². The van der Waals surface area contributed by atoms with Gasteiger partial charge in [-0.25, -0.2) is 4.98 Å². The number of hydrogen-bond donors (Lipinski definition) is 2. The molecule has 1 aromatic heterocycles. The van der Waals surface area contributed by atoms with E-state index >= 15 is 0 Å². The predicted molar refractivity (Wildman–Crippen MR) is 90.1 cm³/mol. The van der Waals surface area contributed by atoms with Crippen molar-refractivity contribution in [2.24, 2.45) is 11.3 Å². The zero-order valence-electron chi connectivity index (χ0n) is 13.0. The van der Waals surface area contributed by atoms with Gasteiger partial charge in [-0.2, -0.15) is 0 Å². The van der Waals surface area contributed by atoms with Crippen molar-refractivity contribution in [1.82, 2.24) is 4.98 Å². The third-order valence-corrected chi connectivity index (χ3v) is 4.32. The van der Waals surface area contributed by atoms with E-state index in [-0.39, 0.29) is 5.41 Å². The van der Waals surface area contributed by atoms with Crippen molar-refractivity contribution in [2.75, 3.05) is 23.7 Å². The summed E-state index contributed by atoms with van der Waals surface area (Å²) in [5, 5.41) is 7.65. The summed E-state index contributed by atoms with van der Waals surface area (Å²) in [4.78, 5) is 4.49. The van der Waals surface area contributed by atoms with Crippen LogP contribution in [0.5, 0.6) is 0 Å². The minimum Gasteiger partial charge on any atom is -0.369 e. The summed E-state index contributed by atoms with van der Waals surface area (Å²) in [6.07, 6.45) is 1.02. The van der Waals surface area contributed by atoms with E-state index in [1.807, 2.05) is 0 Å². The second-order valence-electron chi connectivity index (χ2n) is 6.07. The highest BCUT2D eigenvalue weighted by Gasteiger charge is 2.22. The summed E-state index contributed by atoms with van der Waals surface area (Å²) >= 11 is 12.3. The molecule has 2 N–H and O–H groups in total. The summed E-state index contributed by atoms with van der Waals surface area (Å²) in [7, 11) is 0. The van der Waals surface area contributed by atoms with Gasteiger partial charge in [0, 0.05) is 13.1 Å². The molecule has 0 radical (unpaired) electrons. The summed E-state index contributed by atoms with van der Waals surface area (Å²) in [6, 6.07) is 1.73. The maximum absolute atomic E-state index is 6.21. The van der Waals surface area contributed by atoms with Crippen molar-refractivity contribution in [3.05, 3.63) is 16.1 Å². The third-order valence-electron chi connectivity index (χ3n) is 3.75. The molecule has 3 nitrogen and oxygen atoms in total. The van der Waals surface area contributed by atoms with Crippen molar-refractivity contribution in [3.63, 3.8) is 0 Å². The Morgan fingerprint density at radius 1 is 1.15 bits per heavy atom. The molecule has 1 heterocycles. The molecule has 0 aliphatic heterocycles. The molecule has 1 rings (SSSR count). The van der Waals surface area contributed by atoms with Crippen molar-refractivity contribution in [2.45, 2.75) is 41.0 Å². The first-order valence-electron chi connectivity index (χ1n) is 7.11. The highest BCUT2D eigenvalue weighted by Crippen LogP contribution is 2.31. The van der Waals surface area contributed by atoms with Crippen LogP contribution in [0.3, 0.4) is 0 Å². The van der Waals surface area contributed by atoms with Gasteiger partial charge in [0.15, 0.2) is 0 Å². The van der Waals surface area contributed by atoms with E-state index in [0.29, 0.717) is 27.6 Å². The lowest BCUT2D eigenvalue weighted by atomic mass is 9.81. The molecule has 0 saturated heterocycles. The lowest BCUT2D eigenvalue weighted by molar-refractivity contribution is 0.269. The molecule has 0 aromatic carbocycles. The lowest BCUT2D eigenvalue weighted by Crippen LogP contribution is -2.29. The third kappa shape index (κ3) is 4.71. The summed E-state index contributed by atoms with van der Waals surface area (Å²) in [5.74, 6) is 1.94. The Kier molecular flexibility index (Phi) is 6.41. The first-order valence-corrected chi connectivity index (χ1v) is 7.87.